The standard InChI is InChI=1S/C9H18N2O3S.ClH/c1-3-15(13,14)7-9(12)11(2)8-4-5-10-6-8;/h8,10H,3-7H2,1-2H3;1H. The van der Waals surface area contributed by atoms with Gasteiger partial charge in [0.05, 0.1) is 0 Å². The molecule has 1 rings (SSSR count). The zero-order valence-corrected chi connectivity index (χ0v) is 11.2. The van der Waals surface area contributed by atoms with Crippen molar-refractivity contribution in [2.24, 2.45) is 0 Å². The van der Waals surface area contributed by atoms with E-state index in [2.05, 4.69) is 5.32 Å². The lowest BCUT2D eigenvalue weighted by molar-refractivity contribution is -0.128. The summed E-state index contributed by atoms with van der Waals surface area (Å²) in [7, 11) is -1.53. The lowest BCUT2D eigenvalue weighted by Gasteiger charge is -2.23. The Labute approximate surface area is 103 Å². The SMILES string of the molecule is CCS(=O)(=O)CC(=O)N(C)C1CCNC1.Cl. The molecule has 0 spiro atoms. The Balaban J connectivity index is 0.00000225. The molecule has 1 saturated heterocycles. The topological polar surface area (TPSA) is 66.5 Å². The minimum atomic E-state index is -3.20. The van der Waals surface area contributed by atoms with Gasteiger partial charge in [0, 0.05) is 25.4 Å². The van der Waals surface area contributed by atoms with Crippen LogP contribution in [0.2, 0.25) is 0 Å². The molecule has 0 radical (unpaired) electrons. The predicted molar refractivity (Wildman–Crippen MR) is 65.6 cm³/mol. The third-order valence-electron chi connectivity index (χ3n) is 2.76. The molecular weight excluding hydrogens is 252 g/mol. The molecule has 1 aliphatic heterocycles. The Morgan fingerprint density at radius 3 is 2.56 bits per heavy atom. The highest BCUT2D eigenvalue weighted by Crippen LogP contribution is 2.07. The molecule has 0 bridgehead atoms. The Morgan fingerprint density at radius 2 is 2.12 bits per heavy atom. The largest absolute Gasteiger partial charge is 0.341 e. The van der Waals surface area contributed by atoms with Crippen LogP contribution < -0.4 is 5.32 Å². The van der Waals surface area contributed by atoms with Gasteiger partial charge in [-0.15, -0.1) is 12.4 Å². The van der Waals surface area contributed by atoms with Crippen LogP contribution in [0.4, 0.5) is 0 Å². The fourth-order valence-corrected chi connectivity index (χ4v) is 2.35. The van der Waals surface area contributed by atoms with E-state index in [0.717, 1.165) is 19.5 Å². The van der Waals surface area contributed by atoms with Crippen molar-refractivity contribution < 1.29 is 13.2 Å². The molecule has 1 aliphatic rings. The fraction of sp³-hybridized carbons (Fsp3) is 0.889. The van der Waals surface area contributed by atoms with Crippen molar-refractivity contribution in [3.05, 3.63) is 0 Å². The molecule has 1 unspecified atom stereocenters. The Bertz CT molecular complexity index is 326. The highest BCUT2D eigenvalue weighted by atomic mass is 35.5. The van der Waals surface area contributed by atoms with Crippen LogP contribution in [0.5, 0.6) is 0 Å². The number of nitrogens with one attached hydrogen (secondary N) is 1. The van der Waals surface area contributed by atoms with Crippen LogP contribution in [0.25, 0.3) is 0 Å². The summed E-state index contributed by atoms with van der Waals surface area (Å²) in [6, 6.07) is 0.143. The maximum absolute atomic E-state index is 11.6. The molecular formula is C9H19ClN2O3S. The molecule has 96 valence electrons. The van der Waals surface area contributed by atoms with Gasteiger partial charge in [0.2, 0.25) is 5.91 Å². The van der Waals surface area contributed by atoms with E-state index in [1.807, 2.05) is 0 Å². The number of carbonyl (C=O) groups is 1. The fourth-order valence-electron chi connectivity index (χ4n) is 1.57. The number of carbonyl (C=O) groups excluding carboxylic acids is 1. The summed E-state index contributed by atoms with van der Waals surface area (Å²) in [5.41, 5.74) is 0. The van der Waals surface area contributed by atoms with Gasteiger partial charge in [-0.25, -0.2) is 8.42 Å². The van der Waals surface area contributed by atoms with Crippen LogP contribution in [0.15, 0.2) is 0 Å². The van der Waals surface area contributed by atoms with Gasteiger partial charge in [-0.1, -0.05) is 6.92 Å². The van der Waals surface area contributed by atoms with Gasteiger partial charge in [-0.2, -0.15) is 0 Å². The number of halogens is 1. The highest BCUT2D eigenvalue weighted by Gasteiger charge is 2.25. The molecule has 1 heterocycles. The summed E-state index contributed by atoms with van der Waals surface area (Å²) in [5, 5.41) is 3.14. The van der Waals surface area contributed by atoms with Crippen molar-refractivity contribution in [1.29, 1.82) is 0 Å². The van der Waals surface area contributed by atoms with Crippen molar-refractivity contribution in [1.82, 2.24) is 10.2 Å². The van der Waals surface area contributed by atoms with Crippen LogP contribution in [-0.2, 0) is 14.6 Å². The van der Waals surface area contributed by atoms with Gasteiger partial charge < -0.3 is 10.2 Å². The first-order valence-electron chi connectivity index (χ1n) is 5.13. The smallest absolute Gasteiger partial charge is 0.237 e. The number of rotatable bonds is 4. The zero-order valence-electron chi connectivity index (χ0n) is 9.60. The average molecular weight is 271 g/mol. The number of likely N-dealkylation sites (N-methyl/N-ethyl adjacent to an activating group) is 1. The molecule has 1 N–H and O–H groups in total. The number of hydrogen-bond donors (Lipinski definition) is 1. The van der Waals surface area contributed by atoms with Gasteiger partial charge in [-0.05, 0) is 13.0 Å². The van der Waals surface area contributed by atoms with E-state index in [9.17, 15) is 13.2 Å². The Morgan fingerprint density at radius 1 is 1.50 bits per heavy atom. The van der Waals surface area contributed by atoms with Crippen LogP contribution >= 0.6 is 12.4 Å². The molecule has 0 aromatic carbocycles. The minimum Gasteiger partial charge on any atom is -0.341 e. The van der Waals surface area contributed by atoms with Gasteiger partial charge in [0.15, 0.2) is 9.84 Å². The zero-order chi connectivity index (χ0) is 11.5. The summed E-state index contributed by atoms with van der Waals surface area (Å²) in [6.45, 7) is 3.21. The van der Waals surface area contributed by atoms with Crippen LogP contribution in [0, 0.1) is 0 Å². The third kappa shape index (κ3) is 4.27. The number of hydrogen-bond acceptors (Lipinski definition) is 4. The summed E-state index contributed by atoms with van der Waals surface area (Å²) >= 11 is 0. The lowest BCUT2D eigenvalue weighted by Crippen LogP contribution is -2.41. The van der Waals surface area contributed by atoms with Crippen molar-refractivity contribution in [2.75, 3.05) is 31.6 Å². The molecule has 0 aromatic rings. The molecule has 16 heavy (non-hydrogen) atoms. The van der Waals surface area contributed by atoms with Crippen LogP contribution in [0.1, 0.15) is 13.3 Å². The quantitative estimate of drug-likeness (QED) is 0.759. The number of nitrogens with zero attached hydrogens (tertiary/aromatic N) is 1. The summed E-state index contributed by atoms with van der Waals surface area (Å²) in [4.78, 5) is 13.2. The normalized spacial score (nSPS) is 20.2. The van der Waals surface area contributed by atoms with E-state index < -0.39 is 9.84 Å². The van der Waals surface area contributed by atoms with Crippen molar-refractivity contribution in [3.63, 3.8) is 0 Å². The molecule has 1 fully saturated rings. The first-order valence-corrected chi connectivity index (χ1v) is 6.95. The van der Waals surface area contributed by atoms with Crippen molar-refractivity contribution >= 4 is 28.2 Å². The lowest BCUT2D eigenvalue weighted by atomic mass is 10.2. The number of amides is 1. The van der Waals surface area contributed by atoms with E-state index in [1.165, 1.54) is 0 Å². The number of sulfone groups is 1. The van der Waals surface area contributed by atoms with Gasteiger partial charge in [0.25, 0.3) is 0 Å². The van der Waals surface area contributed by atoms with Crippen molar-refractivity contribution in [2.45, 2.75) is 19.4 Å². The van der Waals surface area contributed by atoms with Crippen LogP contribution in [-0.4, -0.2) is 56.9 Å². The van der Waals surface area contributed by atoms with Crippen LogP contribution in [0.3, 0.4) is 0 Å². The van der Waals surface area contributed by atoms with Gasteiger partial charge in [-0.3, -0.25) is 4.79 Å². The molecule has 5 nitrogen and oxygen atoms in total. The van der Waals surface area contributed by atoms with Gasteiger partial charge >= 0.3 is 0 Å². The van der Waals surface area contributed by atoms with E-state index in [0.29, 0.717) is 0 Å². The second-order valence-corrected chi connectivity index (χ2v) is 6.18. The molecule has 0 aliphatic carbocycles. The summed E-state index contributed by atoms with van der Waals surface area (Å²) in [5.74, 6) is -0.642. The molecule has 7 heteroatoms. The second-order valence-electron chi connectivity index (χ2n) is 3.83. The summed E-state index contributed by atoms with van der Waals surface area (Å²) in [6.07, 6.45) is 0.897. The third-order valence-corrected chi connectivity index (χ3v) is 4.33. The molecule has 1 amide bonds. The van der Waals surface area contributed by atoms with E-state index >= 15 is 0 Å². The minimum absolute atomic E-state index is 0. The van der Waals surface area contributed by atoms with E-state index in [1.54, 1.807) is 18.9 Å². The molecule has 0 aromatic heterocycles. The Hall–Kier alpha value is -0.330. The predicted octanol–water partition coefficient (Wildman–Crippen LogP) is -0.337. The maximum atomic E-state index is 11.6. The maximum Gasteiger partial charge on any atom is 0.237 e. The molecule has 0 saturated carbocycles. The second kappa shape index (κ2) is 6.42. The van der Waals surface area contributed by atoms with Gasteiger partial charge in [0.1, 0.15) is 5.75 Å². The first-order chi connectivity index (χ1) is 6.96. The summed E-state index contributed by atoms with van der Waals surface area (Å²) < 4.78 is 22.5. The van der Waals surface area contributed by atoms with E-state index in [4.69, 9.17) is 0 Å². The monoisotopic (exact) mass is 270 g/mol. The Kier molecular flexibility index (Phi) is 6.28. The highest BCUT2D eigenvalue weighted by molar-refractivity contribution is 7.92. The van der Waals surface area contributed by atoms with Crippen molar-refractivity contribution in [3.8, 4) is 0 Å². The average Bonchev–Trinajstić information content (AvgIpc) is 2.68. The van der Waals surface area contributed by atoms with E-state index in [-0.39, 0.29) is 35.9 Å². The molecule has 1 atom stereocenters. The first kappa shape index (κ1) is 15.7.